The van der Waals surface area contributed by atoms with Crippen molar-refractivity contribution in [2.45, 2.75) is 200 Å². The second-order valence-electron chi connectivity index (χ2n) is 14.5. The van der Waals surface area contributed by atoms with E-state index in [-0.39, 0.29) is 25.2 Å². The van der Waals surface area contributed by atoms with E-state index < -0.39 is 12.2 Å². The van der Waals surface area contributed by atoms with Crippen LogP contribution < -0.4 is 5.32 Å². The van der Waals surface area contributed by atoms with Gasteiger partial charge in [0.2, 0.25) is 0 Å². The number of rotatable bonds is 37. The number of alkyl carbamates (subject to hydrolysis) is 1. The van der Waals surface area contributed by atoms with Crippen molar-refractivity contribution in [1.82, 2.24) is 10.2 Å². The molecule has 0 atom stereocenters. The second kappa shape index (κ2) is 38.9. The third kappa shape index (κ3) is 38.7. The average Bonchev–Trinajstić information content (AvgIpc) is 3.11. The number of nitrogens with one attached hydrogen (secondary N) is 1. The number of hydrogen-bond acceptors (Lipinski definition) is 7. The largest absolute Gasteiger partial charge is 0.462 e. The van der Waals surface area contributed by atoms with Crippen molar-refractivity contribution in [3.05, 3.63) is 24.3 Å². The fraction of sp³-hybridized carbons (Fsp3) is 0.837. The van der Waals surface area contributed by atoms with Crippen LogP contribution in [-0.2, 0) is 23.8 Å². The molecular formula is C43H80N2O6. The molecule has 0 saturated heterocycles. The summed E-state index contributed by atoms with van der Waals surface area (Å²) in [7, 11) is 3.65. The molecule has 51 heavy (non-hydrogen) atoms. The van der Waals surface area contributed by atoms with Gasteiger partial charge in [-0.15, -0.1) is 0 Å². The Morgan fingerprint density at radius 2 is 0.843 bits per heavy atom. The van der Waals surface area contributed by atoms with Crippen LogP contribution in [0.2, 0.25) is 0 Å². The molecule has 0 aliphatic heterocycles. The van der Waals surface area contributed by atoms with Crippen molar-refractivity contribution < 1.29 is 28.6 Å². The first-order valence-electron chi connectivity index (χ1n) is 21.1. The summed E-state index contributed by atoms with van der Waals surface area (Å²) in [6.07, 6.45) is 39.6. The number of ether oxygens (including phenoxy) is 3. The zero-order chi connectivity index (χ0) is 37.5. The molecule has 0 fully saturated rings. The highest BCUT2D eigenvalue weighted by atomic mass is 16.6. The van der Waals surface area contributed by atoms with Crippen molar-refractivity contribution in [3.8, 4) is 0 Å². The van der Waals surface area contributed by atoms with Crippen LogP contribution in [0.1, 0.15) is 194 Å². The van der Waals surface area contributed by atoms with Gasteiger partial charge in [-0.1, -0.05) is 141 Å². The van der Waals surface area contributed by atoms with E-state index in [9.17, 15) is 14.4 Å². The zero-order valence-corrected chi connectivity index (χ0v) is 33.7. The van der Waals surface area contributed by atoms with Gasteiger partial charge in [0.15, 0.2) is 6.10 Å². The van der Waals surface area contributed by atoms with Crippen LogP contribution in [0.3, 0.4) is 0 Å². The minimum Gasteiger partial charge on any atom is -0.462 e. The molecular weight excluding hydrogens is 640 g/mol. The van der Waals surface area contributed by atoms with E-state index in [4.69, 9.17) is 14.2 Å². The lowest BCUT2D eigenvalue weighted by atomic mass is 10.1. The Morgan fingerprint density at radius 1 is 0.510 bits per heavy atom. The molecule has 0 aromatic heterocycles. The topological polar surface area (TPSA) is 94.2 Å². The molecule has 298 valence electrons. The number of hydrogen-bond donors (Lipinski definition) is 1. The number of carbonyl (C=O) groups excluding carboxylic acids is 3. The second-order valence-corrected chi connectivity index (χ2v) is 14.5. The summed E-state index contributed by atoms with van der Waals surface area (Å²) in [4.78, 5) is 38.8. The van der Waals surface area contributed by atoms with Gasteiger partial charge in [0, 0.05) is 12.8 Å². The lowest BCUT2D eigenvalue weighted by molar-refractivity contribution is -0.152. The van der Waals surface area contributed by atoms with Crippen molar-refractivity contribution in [3.63, 3.8) is 0 Å². The highest BCUT2D eigenvalue weighted by Crippen LogP contribution is 2.12. The summed E-state index contributed by atoms with van der Waals surface area (Å²) in [6, 6.07) is 0. The Hall–Kier alpha value is -2.35. The smallest absolute Gasteiger partial charge is 0.408 e. The molecule has 1 amide bonds. The third-order valence-corrected chi connectivity index (χ3v) is 8.96. The minimum atomic E-state index is -0.858. The Labute approximate surface area is 314 Å². The number of allylic oxidation sites excluding steroid dienone is 4. The number of carbonyl (C=O) groups is 3. The Bertz CT molecular complexity index is 803. The van der Waals surface area contributed by atoms with Gasteiger partial charge < -0.3 is 19.5 Å². The van der Waals surface area contributed by atoms with Gasteiger partial charge in [0.25, 0.3) is 0 Å². The van der Waals surface area contributed by atoms with E-state index in [0.29, 0.717) is 19.5 Å². The van der Waals surface area contributed by atoms with Crippen LogP contribution in [0.5, 0.6) is 0 Å². The van der Waals surface area contributed by atoms with Crippen LogP contribution in [0.25, 0.3) is 0 Å². The Balaban J connectivity index is 4.09. The van der Waals surface area contributed by atoms with Crippen molar-refractivity contribution in [2.75, 3.05) is 34.0 Å². The van der Waals surface area contributed by atoms with Crippen molar-refractivity contribution >= 4 is 18.0 Å². The molecule has 0 unspecified atom stereocenters. The van der Waals surface area contributed by atoms with Gasteiger partial charge in [0.1, 0.15) is 13.2 Å². The van der Waals surface area contributed by atoms with Crippen LogP contribution in [0, 0.1) is 0 Å². The minimum absolute atomic E-state index is 0.139. The van der Waals surface area contributed by atoms with Crippen molar-refractivity contribution in [2.24, 2.45) is 0 Å². The Morgan fingerprint density at radius 3 is 1.20 bits per heavy atom. The number of nitrogens with zero attached hydrogens (tertiary/aromatic N) is 1. The lowest BCUT2D eigenvalue weighted by Crippen LogP contribution is -2.38. The number of amides is 1. The molecule has 0 saturated carbocycles. The monoisotopic (exact) mass is 721 g/mol. The van der Waals surface area contributed by atoms with E-state index in [2.05, 4.69) is 43.5 Å². The van der Waals surface area contributed by atoms with Gasteiger partial charge in [-0.3, -0.25) is 14.5 Å². The van der Waals surface area contributed by atoms with Gasteiger partial charge in [0.05, 0.1) is 6.67 Å². The maximum Gasteiger partial charge on any atom is 0.408 e. The Kier molecular flexibility index (Phi) is 37.1. The highest BCUT2D eigenvalue weighted by Gasteiger charge is 2.19. The first-order chi connectivity index (χ1) is 24.9. The van der Waals surface area contributed by atoms with E-state index in [1.807, 2.05) is 14.1 Å². The molecule has 0 aromatic carbocycles. The lowest BCUT2D eigenvalue weighted by Gasteiger charge is -2.19. The molecule has 0 bridgehead atoms. The molecule has 8 nitrogen and oxygen atoms in total. The molecule has 0 rings (SSSR count). The van der Waals surface area contributed by atoms with Gasteiger partial charge in [-0.05, 0) is 78.3 Å². The standard InChI is InChI=1S/C43H80N2O6/c1-5-7-9-11-13-15-17-19-21-23-25-27-29-31-33-35-41(46)49-37-40(51-43(48)44-39-45(3)4)38-50-42(47)36-34-32-30-28-26-24-22-20-18-16-14-12-10-8-6-2/h19-22,40H,5-18,23-39H2,1-4H3,(H,44,48). The molecule has 8 heteroatoms. The van der Waals surface area contributed by atoms with Crippen LogP contribution in [0.4, 0.5) is 4.79 Å². The molecule has 0 radical (unpaired) electrons. The SMILES string of the molecule is CCCCCCCCC=CCCCCCCCC(=O)OCC(COC(=O)CCCCCCCC=CCCCCCCCC)OC(=O)NCN(C)C. The predicted molar refractivity (Wildman–Crippen MR) is 213 cm³/mol. The van der Waals surface area contributed by atoms with E-state index in [0.717, 1.165) is 64.2 Å². The summed E-state index contributed by atoms with van der Waals surface area (Å²) in [5.41, 5.74) is 0. The number of unbranched alkanes of at least 4 members (excludes halogenated alkanes) is 22. The van der Waals surface area contributed by atoms with E-state index in [1.54, 1.807) is 4.90 Å². The number of esters is 2. The molecule has 1 N–H and O–H groups in total. The van der Waals surface area contributed by atoms with Gasteiger partial charge >= 0.3 is 18.0 Å². The first-order valence-corrected chi connectivity index (χ1v) is 21.1. The van der Waals surface area contributed by atoms with Crippen LogP contribution in [-0.4, -0.2) is 63.0 Å². The van der Waals surface area contributed by atoms with Gasteiger partial charge in [-0.25, -0.2) is 4.79 Å². The summed E-state index contributed by atoms with van der Waals surface area (Å²) < 4.78 is 16.2. The zero-order valence-electron chi connectivity index (χ0n) is 33.7. The van der Waals surface area contributed by atoms with E-state index in [1.165, 1.54) is 103 Å². The summed E-state index contributed by atoms with van der Waals surface area (Å²) in [5, 5.41) is 2.63. The van der Waals surface area contributed by atoms with Crippen LogP contribution >= 0.6 is 0 Å². The molecule has 0 aliphatic rings. The van der Waals surface area contributed by atoms with Gasteiger partial charge in [-0.2, -0.15) is 0 Å². The summed E-state index contributed by atoms with van der Waals surface area (Å²) >= 11 is 0. The molecule has 0 aliphatic carbocycles. The predicted octanol–water partition coefficient (Wildman–Crippen LogP) is 11.8. The average molecular weight is 721 g/mol. The normalized spacial score (nSPS) is 12.2. The third-order valence-electron chi connectivity index (χ3n) is 8.96. The summed E-state index contributed by atoms with van der Waals surface area (Å²) in [6.45, 7) is 4.53. The van der Waals surface area contributed by atoms with E-state index >= 15 is 0 Å². The van der Waals surface area contributed by atoms with Crippen LogP contribution in [0.15, 0.2) is 24.3 Å². The quantitative estimate of drug-likeness (QED) is 0.0224. The fourth-order valence-corrected chi connectivity index (χ4v) is 5.73. The highest BCUT2D eigenvalue weighted by molar-refractivity contribution is 5.70. The summed E-state index contributed by atoms with van der Waals surface area (Å²) in [5.74, 6) is -0.649. The van der Waals surface area contributed by atoms with Crippen molar-refractivity contribution in [1.29, 1.82) is 0 Å². The maximum atomic E-state index is 12.4. The first kappa shape index (κ1) is 48.6. The molecule has 0 aromatic rings. The fourth-order valence-electron chi connectivity index (χ4n) is 5.73. The molecule has 0 spiro atoms. The molecule has 0 heterocycles. The maximum absolute atomic E-state index is 12.4.